The van der Waals surface area contributed by atoms with Crippen LogP contribution < -0.4 is 4.90 Å². The third kappa shape index (κ3) is 2.40. The quantitative estimate of drug-likeness (QED) is 0.878. The maximum Gasteiger partial charge on any atom is 0.335 e. The fourth-order valence-electron chi connectivity index (χ4n) is 2.28. The number of aromatic carboxylic acids is 1. The van der Waals surface area contributed by atoms with Crippen LogP contribution in [0.1, 0.15) is 30.1 Å². The molecule has 0 spiro atoms. The lowest BCUT2D eigenvalue weighted by atomic mass is 10.1. The van der Waals surface area contributed by atoms with Gasteiger partial charge in [-0.25, -0.2) is 9.18 Å². The van der Waals surface area contributed by atoms with E-state index >= 15 is 0 Å². The van der Waals surface area contributed by atoms with Crippen LogP contribution in [0.15, 0.2) is 18.2 Å². The molecule has 0 amide bonds. The smallest absolute Gasteiger partial charge is 0.335 e. The Kier molecular flexibility index (Phi) is 3.31. The number of anilines is 1. The number of nitrogens with zero attached hydrogens (tertiary/aromatic N) is 1. The summed E-state index contributed by atoms with van der Waals surface area (Å²) < 4.78 is 13.8. The van der Waals surface area contributed by atoms with Gasteiger partial charge < -0.3 is 10.0 Å². The van der Waals surface area contributed by atoms with Gasteiger partial charge in [0.05, 0.1) is 11.3 Å². The molecule has 4 heteroatoms. The van der Waals surface area contributed by atoms with Crippen molar-refractivity contribution >= 4 is 11.7 Å². The summed E-state index contributed by atoms with van der Waals surface area (Å²) in [6, 6.07) is 4.12. The van der Waals surface area contributed by atoms with Gasteiger partial charge in [-0.05, 0) is 30.5 Å². The third-order valence-corrected chi connectivity index (χ3v) is 3.40. The molecule has 1 aliphatic rings. The molecule has 1 atom stereocenters. The van der Waals surface area contributed by atoms with Crippen molar-refractivity contribution in [1.29, 1.82) is 0 Å². The first-order valence-electron chi connectivity index (χ1n) is 5.89. The molecule has 1 aromatic carbocycles. The van der Waals surface area contributed by atoms with Gasteiger partial charge in [-0.15, -0.1) is 0 Å². The van der Waals surface area contributed by atoms with E-state index in [0.29, 0.717) is 11.6 Å². The van der Waals surface area contributed by atoms with Crippen molar-refractivity contribution in [2.75, 3.05) is 18.0 Å². The third-order valence-electron chi connectivity index (χ3n) is 3.40. The number of hydrogen-bond donors (Lipinski definition) is 1. The van der Waals surface area contributed by atoms with Crippen LogP contribution in [-0.4, -0.2) is 24.2 Å². The minimum atomic E-state index is -1.09. The molecule has 1 aliphatic heterocycles. The zero-order chi connectivity index (χ0) is 12.4. The maximum absolute atomic E-state index is 13.8. The zero-order valence-corrected chi connectivity index (χ0v) is 9.82. The first-order chi connectivity index (χ1) is 8.11. The zero-order valence-electron chi connectivity index (χ0n) is 9.82. The molecular weight excluding hydrogens is 221 g/mol. The van der Waals surface area contributed by atoms with Crippen molar-refractivity contribution < 1.29 is 14.3 Å². The van der Waals surface area contributed by atoms with E-state index in [1.54, 1.807) is 6.07 Å². The van der Waals surface area contributed by atoms with E-state index in [2.05, 4.69) is 6.92 Å². The summed E-state index contributed by atoms with van der Waals surface area (Å²) >= 11 is 0. The molecule has 17 heavy (non-hydrogen) atoms. The number of carbonyl (C=O) groups is 1. The monoisotopic (exact) mass is 237 g/mol. The number of halogens is 1. The van der Waals surface area contributed by atoms with Crippen molar-refractivity contribution in [3.8, 4) is 0 Å². The topological polar surface area (TPSA) is 40.5 Å². The molecule has 3 nitrogen and oxygen atoms in total. The largest absolute Gasteiger partial charge is 0.478 e. The summed E-state index contributed by atoms with van der Waals surface area (Å²) in [4.78, 5) is 12.7. The number of benzene rings is 1. The Balaban J connectivity index is 2.20. The minimum Gasteiger partial charge on any atom is -0.478 e. The standard InChI is InChI=1S/C13H16FNO2/c1-2-9-5-6-15(8-9)12-4-3-10(13(16)17)7-11(12)14/h3-4,7,9H,2,5-6,8H2,1H3,(H,16,17). The number of hydrogen-bond acceptors (Lipinski definition) is 2. The molecule has 1 saturated heterocycles. The minimum absolute atomic E-state index is 0.00233. The highest BCUT2D eigenvalue weighted by atomic mass is 19.1. The first-order valence-corrected chi connectivity index (χ1v) is 5.89. The summed E-state index contributed by atoms with van der Waals surface area (Å²) in [5.74, 6) is -0.918. The first kappa shape index (κ1) is 11.9. The predicted molar refractivity (Wildman–Crippen MR) is 64.0 cm³/mol. The molecule has 0 radical (unpaired) electrons. The molecule has 0 bridgehead atoms. The molecule has 1 unspecified atom stereocenters. The van der Waals surface area contributed by atoms with Gasteiger partial charge in [0.1, 0.15) is 5.82 Å². The van der Waals surface area contributed by atoms with E-state index in [-0.39, 0.29) is 5.56 Å². The summed E-state index contributed by atoms with van der Waals surface area (Å²) in [7, 11) is 0. The lowest BCUT2D eigenvalue weighted by Gasteiger charge is -2.19. The van der Waals surface area contributed by atoms with Crippen LogP contribution in [0.4, 0.5) is 10.1 Å². The van der Waals surface area contributed by atoms with Crippen molar-refractivity contribution in [3.05, 3.63) is 29.6 Å². The van der Waals surface area contributed by atoms with Crippen LogP contribution in [0.25, 0.3) is 0 Å². The highest BCUT2D eigenvalue weighted by Crippen LogP contribution is 2.28. The van der Waals surface area contributed by atoms with E-state index in [1.165, 1.54) is 6.07 Å². The SMILES string of the molecule is CCC1CCN(c2ccc(C(=O)O)cc2F)C1. The second-order valence-corrected chi connectivity index (χ2v) is 4.48. The molecule has 2 rings (SSSR count). The normalized spacial score (nSPS) is 19.6. The van der Waals surface area contributed by atoms with Gasteiger partial charge >= 0.3 is 5.97 Å². The van der Waals surface area contributed by atoms with E-state index in [9.17, 15) is 9.18 Å². The van der Waals surface area contributed by atoms with Crippen molar-refractivity contribution in [2.45, 2.75) is 19.8 Å². The summed E-state index contributed by atoms with van der Waals surface area (Å²) in [6.07, 6.45) is 2.18. The van der Waals surface area contributed by atoms with Crippen LogP contribution in [0, 0.1) is 11.7 Å². The molecule has 1 aromatic rings. The lowest BCUT2D eigenvalue weighted by Crippen LogP contribution is -2.20. The summed E-state index contributed by atoms with van der Waals surface area (Å²) in [5, 5.41) is 8.77. The van der Waals surface area contributed by atoms with Gasteiger partial charge in [0.25, 0.3) is 0 Å². The fraction of sp³-hybridized carbons (Fsp3) is 0.462. The molecule has 0 aliphatic carbocycles. The molecular formula is C13H16FNO2. The predicted octanol–water partition coefficient (Wildman–Crippen LogP) is 2.76. The van der Waals surface area contributed by atoms with Gasteiger partial charge in [0.2, 0.25) is 0 Å². The van der Waals surface area contributed by atoms with Gasteiger partial charge in [-0.1, -0.05) is 13.3 Å². The molecule has 0 saturated carbocycles. The maximum atomic E-state index is 13.8. The lowest BCUT2D eigenvalue weighted by molar-refractivity contribution is 0.0696. The summed E-state index contributed by atoms with van der Waals surface area (Å²) in [6.45, 7) is 3.85. The van der Waals surface area contributed by atoms with Gasteiger partial charge in [0, 0.05) is 13.1 Å². The van der Waals surface area contributed by atoms with Crippen molar-refractivity contribution in [2.24, 2.45) is 5.92 Å². The van der Waals surface area contributed by atoms with E-state index < -0.39 is 11.8 Å². The van der Waals surface area contributed by atoms with Gasteiger partial charge in [0.15, 0.2) is 0 Å². The van der Waals surface area contributed by atoms with Crippen LogP contribution in [0.5, 0.6) is 0 Å². The molecule has 1 heterocycles. The van der Waals surface area contributed by atoms with Gasteiger partial charge in [-0.3, -0.25) is 0 Å². The Morgan fingerprint density at radius 3 is 2.88 bits per heavy atom. The average molecular weight is 237 g/mol. The van der Waals surface area contributed by atoms with Crippen molar-refractivity contribution in [3.63, 3.8) is 0 Å². The average Bonchev–Trinajstić information content (AvgIpc) is 2.77. The number of carboxylic acids is 1. The molecule has 1 N–H and O–H groups in total. The van der Waals surface area contributed by atoms with E-state index in [0.717, 1.165) is 32.0 Å². The molecule has 1 fully saturated rings. The Hall–Kier alpha value is -1.58. The Labute approximate surface area is 99.9 Å². The van der Waals surface area contributed by atoms with Crippen LogP contribution in [-0.2, 0) is 0 Å². The van der Waals surface area contributed by atoms with Crippen LogP contribution in [0.3, 0.4) is 0 Å². The van der Waals surface area contributed by atoms with Crippen molar-refractivity contribution in [1.82, 2.24) is 0 Å². The van der Waals surface area contributed by atoms with Crippen LogP contribution in [0.2, 0.25) is 0 Å². The Morgan fingerprint density at radius 2 is 2.35 bits per heavy atom. The fourth-order valence-corrected chi connectivity index (χ4v) is 2.28. The second-order valence-electron chi connectivity index (χ2n) is 4.48. The highest BCUT2D eigenvalue weighted by Gasteiger charge is 2.23. The summed E-state index contributed by atoms with van der Waals surface area (Å²) in [5.41, 5.74) is 0.517. The van der Waals surface area contributed by atoms with E-state index in [1.807, 2.05) is 4.90 Å². The second kappa shape index (κ2) is 4.73. The molecule has 92 valence electrons. The number of carboxylic acid groups (broad SMARTS) is 1. The number of rotatable bonds is 3. The highest BCUT2D eigenvalue weighted by molar-refractivity contribution is 5.88. The molecule has 0 aromatic heterocycles. The van der Waals surface area contributed by atoms with Gasteiger partial charge in [-0.2, -0.15) is 0 Å². The van der Waals surface area contributed by atoms with E-state index in [4.69, 9.17) is 5.11 Å². The van der Waals surface area contributed by atoms with Crippen LogP contribution >= 0.6 is 0 Å². The Morgan fingerprint density at radius 1 is 1.59 bits per heavy atom. The Bertz CT molecular complexity index is 433.